The normalized spacial score (nSPS) is 10.1. The van der Waals surface area contributed by atoms with Gasteiger partial charge in [0.2, 0.25) is 0 Å². The predicted octanol–water partition coefficient (Wildman–Crippen LogP) is 4.41. The van der Waals surface area contributed by atoms with E-state index < -0.39 is 6.09 Å². The second-order valence-corrected chi connectivity index (χ2v) is 5.04. The summed E-state index contributed by atoms with van der Waals surface area (Å²) in [4.78, 5) is 11.9. The summed E-state index contributed by atoms with van der Waals surface area (Å²) in [5, 5.41) is 10.8. The van der Waals surface area contributed by atoms with Crippen LogP contribution in [0.3, 0.4) is 0 Å². The average molecular weight is 326 g/mol. The topological polar surface area (TPSA) is 64.1 Å². The molecule has 0 atom stereocenters. The summed E-state index contributed by atoms with van der Waals surface area (Å²) in [5.41, 5.74) is 2.07. The molecule has 3 rings (SSSR count). The number of hydrogen-bond acceptors (Lipinski definition) is 4. The van der Waals surface area contributed by atoms with Crippen molar-refractivity contribution in [2.24, 2.45) is 0 Å². The molecule has 0 spiro atoms. The van der Waals surface area contributed by atoms with Crippen molar-refractivity contribution in [3.63, 3.8) is 0 Å². The van der Waals surface area contributed by atoms with Crippen molar-refractivity contribution >= 4 is 23.4 Å². The number of ether oxygens (including phenoxy) is 1. The number of para-hydroxylation sites is 1. The van der Waals surface area contributed by atoms with Gasteiger partial charge in [-0.1, -0.05) is 41.9 Å². The highest BCUT2D eigenvalue weighted by molar-refractivity contribution is 6.29. The maximum absolute atomic E-state index is 11.9. The monoisotopic (exact) mass is 325 g/mol. The van der Waals surface area contributed by atoms with Gasteiger partial charge in [-0.25, -0.2) is 4.79 Å². The lowest BCUT2D eigenvalue weighted by molar-refractivity contribution is 0.215. The van der Waals surface area contributed by atoms with E-state index in [2.05, 4.69) is 15.5 Å². The molecule has 0 fully saturated rings. The number of carbonyl (C=O) groups is 1. The molecule has 1 N–H and O–H groups in total. The fourth-order valence-electron chi connectivity index (χ4n) is 1.97. The minimum Gasteiger partial charge on any atom is -0.410 e. The maximum Gasteiger partial charge on any atom is 0.417 e. The molecule has 1 amide bonds. The fraction of sp³-hybridized carbons (Fsp3) is 0. The van der Waals surface area contributed by atoms with Crippen LogP contribution in [-0.4, -0.2) is 16.3 Å². The highest BCUT2D eigenvalue weighted by atomic mass is 35.5. The smallest absolute Gasteiger partial charge is 0.410 e. The van der Waals surface area contributed by atoms with E-state index in [-0.39, 0.29) is 0 Å². The van der Waals surface area contributed by atoms with Crippen molar-refractivity contribution in [3.05, 3.63) is 71.9 Å². The first-order valence-electron chi connectivity index (χ1n) is 6.84. The number of nitrogens with one attached hydrogen (secondary N) is 1. The molecule has 0 saturated carbocycles. The van der Waals surface area contributed by atoms with Crippen LogP contribution in [0, 0.1) is 0 Å². The summed E-state index contributed by atoms with van der Waals surface area (Å²) in [7, 11) is 0. The average Bonchev–Trinajstić information content (AvgIpc) is 2.56. The molecule has 6 heteroatoms. The molecule has 1 heterocycles. The van der Waals surface area contributed by atoms with E-state index in [9.17, 15) is 4.79 Å². The summed E-state index contributed by atoms with van der Waals surface area (Å²) < 4.78 is 5.18. The zero-order valence-electron chi connectivity index (χ0n) is 11.9. The Morgan fingerprint density at radius 3 is 2.52 bits per heavy atom. The van der Waals surface area contributed by atoms with Crippen LogP contribution in [0.5, 0.6) is 5.75 Å². The fourth-order valence-corrected chi connectivity index (χ4v) is 2.07. The van der Waals surface area contributed by atoms with Crippen LogP contribution in [0.25, 0.3) is 11.3 Å². The van der Waals surface area contributed by atoms with Gasteiger partial charge in [0, 0.05) is 11.3 Å². The van der Waals surface area contributed by atoms with Gasteiger partial charge < -0.3 is 4.74 Å². The molecule has 0 unspecified atom stereocenters. The highest BCUT2D eigenvalue weighted by Gasteiger charge is 2.07. The second-order valence-electron chi connectivity index (χ2n) is 4.65. The Morgan fingerprint density at radius 2 is 1.78 bits per heavy atom. The van der Waals surface area contributed by atoms with Crippen molar-refractivity contribution in [2.75, 3.05) is 5.32 Å². The molecule has 5 nitrogen and oxygen atoms in total. The van der Waals surface area contributed by atoms with Gasteiger partial charge in [0.05, 0.1) is 5.69 Å². The summed E-state index contributed by atoms with van der Waals surface area (Å²) in [6, 6.07) is 19.5. The standard InChI is InChI=1S/C17H12ClN3O2/c18-16-10-9-15(20-21-16)12-5-4-6-13(11-12)19-17(22)23-14-7-2-1-3-8-14/h1-11H,(H,19,22). The van der Waals surface area contributed by atoms with E-state index in [0.29, 0.717) is 22.3 Å². The summed E-state index contributed by atoms with van der Waals surface area (Å²) in [5.74, 6) is 0.477. The Hall–Kier alpha value is -2.92. The zero-order chi connectivity index (χ0) is 16.1. The molecule has 3 aromatic rings. The van der Waals surface area contributed by atoms with Crippen molar-refractivity contribution in [1.82, 2.24) is 10.2 Å². The molecule has 2 aromatic carbocycles. The SMILES string of the molecule is O=C(Nc1cccc(-c2ccc(Cl)nn2)c1)Oc1ccccc1. The van der Waals surface area contributed by atoms with E-state index in [1.54, 1.807) is 48.5 Å². The molecular formula is C17H12ClN3O2. The predicted molar refractivity (Wildman–Crippen MR) is 88.6 cm³/mol. The van der Waals surface area contributed by atoms with Crippen molar-refractivity contribution < 1.29 is 9.53 Å². The molecule has 0 radical (unpaired) electrons. The number of aromatic nitrogens is 2. The lowest BCUT2D eigenvalue weighted by Crippen LogP contribution is -2.16. The van der Waals surface area contributed by atoms with Gasteiger partial charge in [0.1, 0.15) is 5.75 Å². The molecular weight excluding hydrogens is 314 g/mol. The van der Waals surface area contributed by atoms with Gasteiger partial charge >= 0.3 is 6.09 Å². The third-order valence-electron chi connectivity index (χ3n) is 2.99. The molecule has 0 saturated heterocycles. The van der Waals surface area contributed by atoms with E-state index >= 15 is 0 Å². The first-order valence-corrected chi connectivity index (χ1v) is 7.22. The van der Waals surface area contributed by atoms with Crippen LogP contribution < -0.4 is 10.1 Å². The molecule has 0 aliphatic heterocycles. The first kappa shape index (κ1) is 15.0. The van der Waals surface area contributed by atoms with Crippen LogP contribution in [0.4, 0.5) is 10.5 Å². The number of nitrogens with zero attached hydrogens (tertiary/aromatic N) is 2. The third-order valence-corrected chi connectivity index (χ3v) is 3.19. The molecule has 0 aliphatic rings. The minimum absolute atomic E-state index is 0.328. The Kier molecular flexibility index (Phi) is 4.49. The number of hydrogen-bond donors (Lipinski definition) is 1. The third kappa shape index (κ3) is 4.05. The number of rotatable bonds is 3. The number of anilines is 1. The first-order chi connectivity index (χ1) is 11.2. The minimum atomic E-state index is -0.560. The maximum atomic E-state index is 11.9. The Bertz CT molecular complexity index is 808. The zero-order valence-corrected chi connectivity index (χ0v) is 12.7. The van der Waals surface area contributed by atoms with Crippen molar-refractivity contribution in [2.45, 2.75) is 0 Å². The van der Waals surface area contributed by atoms with E-state index in [0.717, 1.165) is 5.56 Å². The van der Waals surface area contributed by atoms with Gasteiger partial charge in [-0.15, -0.1) is 10.2 Å². The second kappa shape index (κ2) is 6.89. The Balaban J connectivity index is 1.72. The molecule has 114 valence electrons. The molecule has 0 aliphatic carbocycles. The van der Waals surface area contributed by atoms with E-state index in [1.165, 1.54) is 0 Å². The van der Waals surface area contributed by atoms with Crippen LogP contribution in [0.15, 0.2) is 66.7 Å². The highest BCUT2D eigenvalue weighted by Crippen LogP contribution is 2.21. The summed E-state index contributed by atoms with van der Waals surface area (Å²) in [6.07, 6.45) is -0.560. The van der Waals surface area contributed by atoms with E-state index in [1.807, 2.05) is 18.2 Å². The van der Waals surface area contributed by atoms with Crippen LogP contribution in [0.1, 0.15) is 0 Å². The lowest BCUT2D eigenvalue weighted by atomic mass is 10.1. The van der Waals surface area contributed by atoms with Gasteiger partial charge in [-0.05, 0) is 36.4 Å². The number of benzene rings is 2. The quantitative estimate of drug-likeness (QED) is 0.774. The van der Waals surface area contributed by atoms with Gasteiger partial charge in [-0.2, -0.15) is 0 Å². The summed E-state index contributed by atoms with van der Waals surface area (Å²) in [6.45, 7) is 0. The largest absolute Gasteiger partial charge is 0.417 e. The van der Waals surface area contributed by atoms with Crippen LogP contribution in [-0.2, 0) is 0 Å². The Morgan fingerprint density at radius 1 is 0.957 bits per heavy atom. The number of amides is 1. The van der Waals surface area contributed by atoms with Crippen LogP contribution >= 0.6 is 11.6 Å². The van der Waals surface area contributed by atoms with Crippen molar-refractivity contribution in [3.8, 4) is 17.0 Å². The number of halogens is 1. The molecule has 0 bridgehead atoms. The van der Waals surface area contributed by atoms with Crippen molar-refractivity contribution in [1.29, 1.82) is 0 Å². The molecule has 23 heavy (non-hydrogen) atoms. The van der Waals surface area contributed by atoms with Crippen LogP contribution in [0.2, 0.25) is 5.15 Å². The molecule has 1 aromatic heterocycles. The van der Waals surface area contributed by atoms with E-state index in [4.69, 9.17) is 16.3 Å². The number of carbonyl (C=O) groups excluding carboxylic acids is 1. The summed E-state index contributed by atoms with van der Waals surface area (Å²) >= 11 is 5.73. The van der Waals surface area contributed by atoms with Gasteiger partial charge in [0.15, 0.2) is 5.15 Å². The van der Waals surface area contributed by atoms with Gasteiger partial charge in [-0.3, -0.25) is 5.32 Å². The Labute approximate surface area is 137 Å². The lowest BCUT2D eigenvalue weighted by Gasteiger charge is -2.08. The van der Waals surface area contributed by atoms with Gasteiger partial charge in [0.25, 0.3) is 0 Å².